The molecular formula is C34H33N3O6. The molecule has 3 amide bonds. The van der Waals surface area contributed by atoms with Crippen LogP contribution in [-0.4, -0.2) is 52.6 Å². The van der Waals surface area contributed by atoms with Crippen molar-refractivity contribution in [3.8, 4) is 0 Å². The highest BCUT2D eigenvalue weighted by atomic mass is 16.5. The van der Waals surface area contributed by atoms with Gasteiger partial charge in [0.1, 0.15) is 19.3 Å². The summed E-state index contributed by atoms with van der Waals surface area (Å²) in [5, 5.41) is 3.61. The van der Waals surface area contributed by atoms with E-state index in [1.807, 2.05) is 66.9 Å². The maximum atomic E-state index is 14.3. The molecule has 0 saturated carbocycles. The van der Waals surface area contributed by atoms with E-state index in [0.29, 0.717) is 12.1 Å². The van der Waals surface area contributed by atoms with Gasteiger partial charge in [-0.15, -0.1) is 0 Å². The lowest BCUT2D eigenvalue weighted by Gasteiger charge is -2.40. The number of carbonyl (C=O) groups is 4. The maximum Gasteiger partial charge on any atom is 0.408 e. The van der Waals surface area contributed by atoms with Crippen molar-refractivity contribution < 1.29 is 28.7 Å². The standard InChI is InChI=1S/C34H33N3O6/c1-3-18-42-34(41)35-32-27(28-21-36(20-24-12-6-4-7-13-24)29-17-11-10-16-26(28)29)19-31(39)37(33(32)40)30(22-43-23(2)38)25-14-8-5-9-15-25/h3-17,21,27,30,32H,1,18-20,22H2,2H3,(H,35,41)/t27-,30-,32+/m0/s1. The molecule has 0 unspecified atom stereocenters. The fourth-order valence-electron chi connectivity index (χ4n) is 5.60. The molecule has 0 radical (unpaired) electrons. The fraction of sp³-hybridized carbons (Fsp3) is 0.235. The normalized spacial score (nSPS) is 17.4. The topological polar surface area (TPSA) is 107 Å². The number of amides is 3. The van der Waals surface area contributed by atoms with Crippen LogP contribution in [0.1, 0.15) is 42.0 Å². The molecular weight excluding hydrogens is 546 g/mol. The van der Waals surface area contributed by atoms with Gasteiger partial charge in [-0.3, -0.25) is 19.3 Å². The number of piperidine rings is 1. The number of imide groups is 1. The second-order valence-corrected chi connectivity index (χ2v) is 10.4. The third kappa shape index (κ3) is 6.51. The van der Waals surface area contributed by atoms with Crippen LogP contribution >= 0.6 is 0 Å². The molecule has 3 aromatic carbocycles. The van der Waals surface area contributed by atoms with Gasteiger partial charge in [-0.25, -0.2) is 4.79 Å². The third-order valence-corrected chi connectivity index (χ3v) is 7.53. The van der Waals surface area contributed by atoms with Gasteiger partial charge in [-0.05, 0) is 22.8 Å². The fourth-order valence-corrected chi connectivity index (χ4v) is 5.60. The van der Waals surface area contributed by atoms with Gasteiger partial charge in [0, 0.05) is 42.9 Å². The van der Waals surface area contributed by atoms with Crippen molar-refractivity contribution in [2.45, 2.75) is 37.9 Å². The van der Waals surface area contributed by atoms with Gasteiger partial charge in [-0.2, -0.15) is 0 Å². The summed E-state index contributed by atoms with van der Waals surface area (Å²) in [6.07, 6.45) is 2.51. The van der Waals surface area contributed by atoms with E-state index in [9.17, 15) is 19.2 Å². The molecule has 1 aliphatic rings. The molecule has 4 aromatic rings. The van der Waals surface area contributed by atoms with Crippen LogP contribution in [0.15, 0.2) is 104 Å². The molecule has 0 bridgehead atoms. The van der Waals surface area contributed by atoms with E-state index in [4.69, 9.17) is 9.47 Å². The molecule has 1 aromatic heterocycles. The quantitative estimate of drug-likeness (QED) is 0.159. The summed E-state index contributed by atoms with van der Waals surface area (Å²) in [5.74, 6) is -2.27. The second kappa shape index (κ2) is 13.2. The van der Waals surface area contributed by atoms with Gasteiger partial charge in [0.2, 0.25) is 5.91 Å². The predicted octanol–water partition coefficient (Wildman–Crippen LogP) is 5.12. The Morgan fingerprint density at radius 3 is 2.35 bits per heavy atom. The van der Waals surface area contributed by atoms with Crippen LogP contribution < -0.4 is 5.32 Å². The molecule has 1 aliphatic heterocycles. The SMILES string of the molecule is C=CCOC(=O)N[C@H]1C(=O)N([C@@H](COC(C)=O)c2ccccc2)C(=O)C[C@H]1c1cn(Cc2ccccc2)c2ccccc12. The van der Waals surface area contributed by atoms with Gasteiger partial charge in [0.05, 0.1) is 6.04 Å². The minimum atomic E-state index is -1.13. The summed E-state index contributed by atoms with van der Waals surface area (Å²) >= 11 is 0. The Morgan fingerprint density at radius 1 is 0.977 bits per heavy atom. The molecule has 9 nitrogen and oxygen atoms in total. The number of rotatable bonds is 10. The third-order valence-electron chi connectivity index (χ3n) is 7.53. The monoisotopic (exact) mass is 579 g/mol. The van der Waals surface area contributed by atoms with Gasteiger partial charge in [0.15, 0.2) is 0 Å². The van der Waals surface area contributed by atoms with Crippen molar-refractivity contribution in [2.75, 3.05) is 13.2 Å². The highest BCUT2D eigenvalue weighted by molar-refractivity contribution is 6.04. The number of carbonyl (C=O) groups excluding carboxylic acids is 4. The van der Waals surface area contributed by atoms with E-state index >= 15 is 0 Å². The Labute approximate surface area is 249 Å². The molecule has 1 fully saturated rings. The first-order valence-electron chi connectivity index (χ1n) is 14.1. The molecule has 2 heterocycles. The number of fused-ring (bicyclic) bond motifs is 1. The number of hydrogen-bond acceptors (Lipinski definition) is 6. The molecule has 3 atom stereocenters. The summed E-state index contributed by atoms with van der Waals surface area (Å²) in [7, 11) is 0. The van der Waals surface area contributed by atoms with Crippen LogP contribution in [0.4, 0.5) is 4.79 Å². The van der Waals surface area contributed by atoms with Crippen LogP contribution in [0, 0.1) is 0 Å². The zero-order valence-electron chi connectivity index (χ0n) is 23.8. The number of benzene rings is 3. The Morgan fingerprint density at radius 2 is 1.65 bits per heavy atom. The number of hydrogen-bond donors (Lipinski definition) is 1. The molecule has 220 valence electrons. The van der Waals surface area contributed by atoms with E-state index in [2.05, 4.69) is 16.5 Å². The van der Waals surface area contributed by atoms with Crippen molar-refractivity contribution in [1.29, 1.82) is 0 Å². The van der Waals surface area contributed by atoms with Crippen LogP contribution in [0.5, 0.6) is 0 Å². The van der Waals surface area contributed by atoms with Gasteiger partial charge >= 0.3 is 12.1 Å². The maximum absolute atomic E-state index is 14.3. The molecule has 43 heavy (non-hydrogen) atoms. The number of likely N-dealkylation sites (tertiary alicyclic amines) is 1. The Hall–Kier alpha value is -5.18. The minimum absolute atomic E-state index is 0.0461. The van der Waals surface area contributed by atoms with E-state index in [1.165, 1.54) is 13.0 Å². The Balaban J connectivity index is 1.56. The molecule has 1 N–H and O–H groups in total. The number of alkyl carbamates (subject to hydrolysis) is 1. The van der Waals surface area contributed by atoms with Gasteiger partial charge in [-0.1, -0.05) is 91.5 Å². The molecule has 0 aliphatic carbocycles. The lowest BCUT2D eigenvalue weighted by atomic mass is 9.83. The van der Waals surface area contributed by atoms with Crippen molar-refractivity contribution in [2.24, 2.45) is 0 Å². The van der Waals surface area contributed by atoms with E-state index < -0.39 is 41.9 Å². The Bertz CT molecular complexity index is 1630. The first kappa shape index (κ1) is 29.3. The lowest BCUT2D eigenvalue weighted by Crippen LogP contribution is -2.59. The van der Waals surface area contributed by atoms with Crippen molar-refractivity contribution in [1.82, 2.24) is 14.8 Å². The van der Waals surface area contributed by atoms with E-state index in [0.717, 1.165) is 26.9 Å². The first-order chi connectivity index (χ1) is 20.9. The highest BCUT2D eigenvalue weighted by Gasteiger charge is 2.47. The smallest absolute Gasteiger partial charge is 0.408 e. The molecule has 0 spiro atoms. The summed E-state index contributed by atoms with van der Waals surface area (Å²) < 4.78 is 12.6. The number of nitrogens with zero attached hydrogens (tertiary/aromatic N) is 2. The molecule has 9 heteroatoms. The van der Waals surface area contributed by atoms with Crippen molar-refractivity contribution in [3.05, 3.63) is 120 Å². The van der Waals surface area contributed by atoms with Crippen LogP contribution in [0.3, 0.4) is 0 Å². The first-order valence-corrected chi connectivity index (χ1v) is 14.1. The summed E-state index contributed by atoms with van der Waals surface area (Å²) in [6.45, 7) is 5.16. The summed E-state index contributed by atoms with van der Waals surface area (Å²) in [5.41, 5.74) is 3.42. The number of nitrogens with one attached hydrogen (secondary N) is 1. The number of esters is 1. The number of para-hydroxylation sites is 1. The van der Waals surface area contributed by atoms with Gasteiger partial charge in [0.25, 0.3) is 5.91 Å². The highest BCUT2D eigenvalue weighted by Crippen LogP contribution is 2.38. The minimum Gasteiger partial charge on any atom is -0.463 e. The second-order valence-electron chi connectivity index (χ2n) is 10.4. The van der Waals surface area contributed by atoms with Crippen LogP contribution in [0.2, 0.25) is 0 Å². The summed E-state index contributed by atoms with van der Waals surface area (Å²) in [4.78, 5) is 53.9. The van der Waals surface area contributed by atoms with E-state index in [1.54, 1.807) is 24.3 Å². The van der Waals surface area contributed by atoms with Crippen molar-refractivity contribution in [3.63, 3.8) is 0 Å². The summed E-state index contributed by atoms with van der Waals surface area (Å²) in [6, 6.07) is 24.7. The average molecular weight is 580 g/mol. The van der Waals surface area contributed by atoms with Gasteiger partial charge < -0.3 is 19.4 Å². The zero-order valence-corrected chi connectivity index (χ0v) is 23.8. The molecule has 5 rings (SSSR count). The average Bonchev–Trinajstić information content (AvgIpc) is 3.37. The zero-order chi connectivity index (χ0) is 30.3. The van der Waals surface area contributed by atoms with Crippen molar-refractivity contribution >= 4 is 34.8 Å². The predicted molar refractivity (Wildman–Crippen MR) is 161 cm³/mol. The van der Waals surface area contributed by atoms with Crippen LogP contribution in [0.25, 0.3) is 10.9 Å². The molecule has 1 saturated heterocycles. The van der Waals surface area contributed by atoms with E-state index in [-0.39, 0.29) is 19.6 Å². The number of ether oxygens (including phenoxy) is 2. The largest absolute Gasteiger partial charge is 0.463 e. The Kier molecular flexibility index (Phi) is 9.00. The number of aromatic nitrogens is 1. The van der Waals surface area contributed by atoms with Crippen LogP contribution in [-0.2, 0) is 30.4 Å². The lowest BCUT2D eigenvalue weighted by molar-refractivity contribution is -0.158.